The van der Waals surface area contributed by atoms with E-state index < -0.39 is 10.0 Å². The van der Waals surface area contributed by atoms with E-state index in [1.807, 2.05) is 30.3 Å². The van der Waals surface area contributed by atoms with Crippen molar-refractivity contribution in [1.29, 1.82) is 0 Å². The molecule has 3 rings (SSSR count). The van der Waals surface area contributed by atoms with E-state index in [0.29, 0.717) is 5.75 Å². The first-order valence-electron chi connectivity index (χ1n) is 8.23. The minimum absolute atomic E-state index is 0.251. The van der Waals surface area contributed by atoms with E-state index in [4.69, 9.17) is 9.47 Å². The lowest BCUT2D eigenvalue weighted by atomic mass is 10.1. The summed E-state index contributed by atoms with van der Waals surface area (Å²) in [5, 5.41) is 1.91. The number of nitrogens with zero attached hydrogens (tertiary/aromatic N) is 1. The fraction of sp³-hybridized carbons (Fsp3) is 0.200. The van der Waals surface area contributed by atoms with Crippen LogP contribution in [0.25, 0.3) is 10.8 Å². The van der Waals surface area contributed by atoms with Crippen LogP contribution < -0.4 is 9.47 Å². The van der Waals surface area contributed by atoms with Gasteiger partial charge >= 0.3 is 0 Å². The van der Waals surface area contributed by atoms with E-state index in [-0.39, 0.29) is 18.0 Å². The van der Waals surface area contributed by atoms with E-state index in [9.17, 15) is 8.42 Å². The number of hydrogen-bond donors (Lipinski definition) is 0. The van der Waals surface area contributed by atoms with Gasteiger partial charge in [-0.05, 0) is 47.2 Å². The van der Waals surface area contributed by atoms with Gasteiger partial charge in [-0.15, -0.1) is 0 Å². The number of fused-ring (bicyclic) bond motifs is 1. The molecule has 0 atom stereocenters. The quantitative estimate of drug-likeness (QED) is 0.637. The molecular formula is C20H21NO4S. The van der Waals surface area contributed by atoms with Crippen LogP contribution in [0.1, 0.15) is 0 Å². The van der Waals surface area contributed by atoms with Gasteiger partial charge in [-0.1, -0.05) is 30.3 Å². The second-order valence-corrected chi connectivity index (χ2v) is 7.90. The largest absolute Gasteiger partial charge is 0.497 e. The molecule has 0 saturated carbocycles. The van der Waals surface area contributed by atoms with Gasteiger partial charge in [0.15, 0.2) is 0 Å². The van der Waals surface area contributed by atoms with E-state index >= 15 is 0 Å². The fourth-order valence-corrected chi connectivity index (χ4v) is 3.78. The Morgan fingerprint density at radius 1 is 0.885 bits per heavy atom. The zero-order valence-corrected chi connectivity index (χ0v) is 15.6. The van der Waals surface area contributed by atoms with Crippen molar-refractivity contribution in [3.63, 3.8) is 0 Å². The summed E-state index contributed by atoms with van der Waals surface area (Å²) in [6, 6.07) is 20.0. The number of sulfonamides is 1. The Bertz CT molecular complexity index is 984. The van der Waals surface area contributed by atoms with E-state index in [1.165, 1.54) is 4.31 Å². The topological polar surface area (TPSA) is 55.8 Å². The molecule has 0 heterocycles. The number of likely N-dealkylation sites (N-methyl/N-ethyl adjacent to an activating group) is 1. The molecule has 3 aromatic rings. The monoisotopic (exact) mass is 371 g/mol. The van der Waals surface area contributed by atoms with Crippen molar-refractivity contribution in [2.75, 3.05) is 27.3 Å². The predicted octanol–water partition coefficient (Wildman–Crippen LogP) is 3.55. The summed E-state index contributed by atoms with van der Waals surface area (Å²) in [4.78, 5) is 0.281. The highest BCUT2D eigenvalue weighted by molar-refractivity contribution is 7.89. The predicted molar refractivity (Wildman–Crippen MR) is 102 cm³/mol. The molecule has 136 valence electrons. The zero-order valence-electron chi connectivity index (χ0n) is 14.8. The highest BCUT2D eigenvalue weighted by atomic mass is 32.2. The molecule has 0 unspecified atom stereocenters. The lowest BCUT2D eigenvalue weighted by Crippen LogP contribution is -2.31. The van der Waals surface area contributed by atoms with Crippen LogP contribution in [0.15, 0.2) is 71.6 Å². The Morgan fingerprint density at radius 3 is 2.23 bits per heavy atom. The first kappa shape index (κ1) is 18.2. The van der Waals surface area contributed by atoms with Gasteiger partial charge in [-0.25, -0.2) is 8.42 Å². The average Bonchev–Trinajstić information content (AvgIpc) is 2.68. The summed E-state index contributed by atoms with van der Waals surface area (Å²) < 4.78 is 37.5. The molecule has 0 radical (unpaired) electrons. The summed E-state index contributed by atoms with van der Waals surface area (Å²) >= 11 is 0. The van der Waals surface area contributed by atoms with Gasteiger partial charge in [0.25, 0.3) is 0 Å². The smallest absolute Gasteiger partial charge is 0.242 e. The van der Waals surface area contributed by atoms with Crippen molar-refractivity contribution in [2.45, 2.75) is 4.90 Å². The minimum Gasteiger partial charge on any atom is -0.497 e. The van der Waals surface area contributed by atoms with Gasteiger partial charge < -0.3 is 9.47 Å². The maximum Gasteiger partial charge on any atom is 0.242 e. The van der Waals surface area contributed by atoms with Crippen LogP contribution in [0, 0.1) is 0 Å². The molecule has 3 aromatic carbocycles. The van der Waals surface area contributed by atoms with E-state index in [0.717, 1.165) is 16.5 Å². The normalized spacial score (nSPS) is 11.7. The summed E-state index contributed by atoms with van der Waals surface area (Å²) in [7, 11) is -0.405. The molecule has 0 N–H and O–H groups in total. The molecule has 0 saturated heterocycles. The third kappa shape index (κ3) is 3.98. The Labute approximate surface area is 153 Å². The fourth-order valence-electron chi connectivity index (χ4n) is 2.59. The first-order chi connectivity index (χ1) is 12.5. The second-order valence-electron chi connectivity index (χ2n) is 5.86. The van der Waals surface area contributed by atoms with Crippen LogP contribution in [-0.2, 0) is 10.0 Å². The number of methoxy groups -OCH3 is 1. The van der Waals surface area contributed by atoms with Crippen molar-refractivity contribution >= 4 is 20.8 Å². The number of hydrogen-bond acceptors (Lipinski definition) is 4. The van der Waals surface area contributed by atoms with Crippen molar-refractivity contribution in [3.8, 4) is 11.5 Å². The number of ether oxygens (including phenoxy) is 2. The summed E-state index contributed by atoms with van der Waals surface area (Å²) in [6.45, 7) is 0.511. The van der Waals surface area contributed by atoms with Crippen molar-refractivity contribution in [3.05, 3.63) is 66.7 Å². The maximum atomic E-state index is 12.8. The molecule has 0 bridgehead atoms. The molecular weight excluding hydrogens is 350 g/mol. The maximum absolute atomic E-state index is 12.8. The van der Waals surface area contributed by atoms with Gasteiger partial charge in [0.1, 0.15) is 18.1 Å². The van der Waals surface area contributed by atoms with Gasteiger partial charge in [0, 0.05) is 13.6 Å². The molecule has 0 amide bonds. The summed E-state index contributed by atoms with van der Waals surface area (Å²) in [6.07, 6.45) is 0. The van der Waals surface area contributed by atoms with Crippen LogP contribution in [0.5, 0.6) is 11.5 Å². The molecule has 0 fully saturated rings. The van der Waals surface area contributed by atoms with Crippen LogP contribution >= 0.6 is 0 Å². The average molecular weight is 371 g/mol. The standard InChI is InChI=1S/C20H21NO4S/c1-21(13-14-25-19-10-8-18(24-2)9-11-19)26(22,23)20-12-7-16-5-3-4-6-17(16)15-20/h3-12,15H,13-14H2,1-2H3. The van der Waals surface area contributed by atoms with Crippen LogP contribution in [0.4, 0.5) is 0 Å². The summed E-state index contributed by atoms with van der Waals surface area (Å²) in [5.41, 5.74) is 0. The third-order valence-electron chi connectivity index (χ3n) is 4.16. The lowest BCUT2D eigenvalue weighted by Gasteiger charge is -2.18. The first-order valence-corrected chi connectivity index (χ1v) is 9.67. The summed E-state index contributed by atoms with van der Waals surface area (Å²) in [5.74, 6) is 1.41. The minimum atomic E-state index is -3.56. The van der Waals surface area contributed by atoms with Gasteiger partial charge in [-0.2, -0.15) is 4.31 Å². The molecule has 26 heavy (non-hydrogen) atoms. The molecule has 0 spiro atoms. The zero-order chi connectivity index (χ0) is 18.6. The number of benzene rings is 3. The highest BCUT2D eigenvalue weighted by Crippen LogP contribution is 2.21. The van der Waals surface area contributed by atoms with Gasteiger partial charge in [0.05, 0.1) is 12.0 Å². The van der Waals surface area contributed by atoms with Gasteiger partial charge in [-0.3, -0.25) is 0 Å². The highest BCUT2D eigenvalue weighted by Gasteiger charge is 2.20. The molecule has 0 aliphatic rings. The number of rotatable bonds is 7. The van der Waals surface area contributed by atoms with Crippen LogP contribution in [0.3, 0.4) is 0 Å². The SMILES string of the molecule is COc1ccc(OCCN(C)S(=O)(=O)c2ccc3ccccc3c2)cc1. The Hall–Kier alpha value is -2.57. The van der Waals surface area contributed by atoms with Crippen LogP contribution in [-0.4, -0.2) is 40.0 Å². The molecule has 0 aliphatic carbocycles. The Balaban J connectivity index is 1.65. The molecule has 6 heteroatoms. The van der Waals surface area contributed by atoms with Crippen molar-refractivity contribution in [2.24, 2.45) is 0 Å². The van der Waals surface area contributed by atoms with Crippen molar-refractivity contribution < 1.29 is 17.9 Å². The third-order valence-corrected chi connectivity index (χ3v) is 6.02. The van der Waals surface area contributed by atoms with Crippen LogP contribution in [0.2, 0.25) is 0 Å². The molecule has 0 aromatic heterocycles. The second kappa shape index (κ2) is 7.76. The van der Waals surface area contributed by atoms with E-state index in [2.05, 4.69) is 0 Å². The molecule has 5 nitrogen and oxygen atoms in total. The van der Waals surface area contributed by atoms with Crippen molar-refractivity contribution in [1.82, 2.24) is 4.31 Å². The molecule has 0 aliphatic heterocycles. The van der Waals surface area contributed by atoms with E-state index in [1.54, 1.807) is 50.6 Å². The van der Waals surface area contributed by atoms with Gasteiger partial charge in [0.2, 0.25) is 10.0 Å². The Morgan fingerprint density at radius 2 is 1.54 bits per heavy atom. The lowest BCUT2D eigenvalue weighted by molar-refractivity contribution is 0.286. The Kier molecular flexibility index (Phi) is 5.44.